The highest BCUT2D eigenvalue weighted by molar-refractivity contribution is 7.09. The minimum absolute atomic E-state index is 0.210. The maximum atomic E-state index is 12.5. The van der Waals surface area contributed by atoms with E-state index in [1.165, 1.54) is 11.3 Å². The van der Waals surface area contributed by atoms with Gasteiger partial charge in [-0.1, -0.05) is 29.8 Å². The van der Waals surface area contributed by atoms with Crippen molar-refractivity contribution in [3.05, 3.63) is 81.0 Å². The van der Waals surface area contributed by atoms with Crippen molar-refractivity contribution >= 4 is 28.8 Å². The first-order valence-corrected chi connectivity index (χ1v) is 8.27. The Balaban J connectivity index is 1.92. The fourth-order valence-electron chi connectivity index (χ4n) is 2.23. The fraction of sp³-hybridized carbons (Fsp3) is 0.118. The van der Waals surface area contributed by atoms with Crippen molar-refractivity contribution in [3.63, 3.8) is 0 Å². The molecule has 4 nitrogen and oxygen atoms in total. The first-order valence-electron chi connectivity index (χ1n) is 7.02. The van der Waals surface area contributed by atoms with Crippen LogP contribution in [-0.2, 0) is 0 Å². The molecule has 0 bridgehead atoms. The maximum Gasteiger partial charge on any atom is 0.271 e. The molecule has 1 aromatic carbocycles. The van der Waals surface area contributed by atoms with E-state index < -0.39 is 0 Å². The number of rotatable bonds is 4. The van der Waals surface area contributed by atoms with Crippen LogP contribution in [-0.4, -0.2) is 15.9 Å². The van der Waals surface area contributed by atoms with Crippen LogP contribution < -0.4 is 5.32 Å². The summed E-state index contributed by atoms with van der Waals surface area (Å²) in [6.45, 7) is 1.87. The molecule has 1 N–H and O–H groups in total. The van der Waals surface area contributed by atoms with Gasteiger partial charge >= 0.3 is 0 Å². The van der Waals surface area contributed by atoms with E-state index in [1.54, 1.807) is 29.9 Å². The third-order valence-corrected chi connectivity index (χ3v) is 4.37. The Labute approximate surface area is 143 Å². The van der Waals surface area contributed by atoms with Gasteiger partial charge in [0.25, 0.3) is 5.91 Å². The second-order valence-corrected chi connectivity index (χ2v) is 6.49. The molecule has 0 saturated carbocycles. The molecule has 3 aromatic rings. The number of halogens is 1. The van der Waals surface area contributed by atoms with Crippen molar-refractivity contribution in [1.29, 1.82) is 0 Å². The molecule has 0 aliphatic rings. The van der Waals surface area contributed by atoms with Crippen LogP contribution in [0.3, 0.4) is 0 Å². The lowest BCUT2D eigenvalue weighted by Crippen LogP contribution is -2.29. The van der Waals surface area contributed by atoms with Crippen molar-refractivity contribution < 1.29 is 4.79 Å². The SMILES string of the molecule is Cc1nc(C(=O)N[C@@H](c2ccc(Cl)cc2)c2cccnc2)cs1. The number of amides is 1. The molecular weight excluding hydrogens is 330 g/mol. The van der Waals surface area contributed by atoms with E-state index in [2.05, 4.69) is 15.3 Å². The molecule has 23 heavy (non-hydrogen) atoms. The molecule has 0 aliphatic heterocycles. The van der Waals surface area contributed by atoms with Crippen LogP contribution in [0.2, 0.25) is 5.02 Å². The van der Waals surface area contributed by atoms with Crippen molar-refractivity contribution in [2.45, 2.75) is 13.0 Å². The monoisotopic (exact) mass is 343 g/mol. The largest absolute Gasteiger partial charge is 0.340 e. The Hall–Kier alpha value is -2.24. The van der Waals surface area contributed by atoms with Gasteiger partial charge in [0.15, 0.2) is 0 Å². The van der Waals surface area contributed by atoms with Crippen molar-refractivity contribution in [3.8, 4) is 0 Å². The number of aromatic nitrogens is 2. The number of thiazole rings is 1. The van der Waals surface area contributed by atoms with Crippen LogP contribution in [0.15, 0.2) is 54.2 Å². The second-order valence-electron chi connectivity index (χ2n) is 5.00. The van der Waals surface area contributed by atoms with Crippen molar-refractivity contribution in [2.24, 2.45) is 0 Å². The van der Waals surface area contributed by atoms with Gasteiger partial charge in [-0.3, -0.25) is 9.78 Å². The lowest BCUT2D eigenvalue weighted by molar-refractivity contribution is 0.0938. The summed E-state index contributed by atoms with van der Waals surface area (Å²) in [6, 6.07) is 10.9. The van der Waals surface area contributed by atoms with E-state index >= 15 is 0 Å². The third-order valence-electron chi connectivity index (χ3n) is 3.35. The molecule has 0 radical (unpaired) electrons. The van der Waals surface area contributed by atoms with E-state index in [0.717, 1.165) is 16.1 Å². The number of pyridine rings is 1. The first-order chi connectivity index (χ1) is 11.1. The topological polar surface area (TPSA) is 54.9 Å². The van der Waals surface area contributed by atoms with Gasteiger partial charge in [-0.2, -0.15) is 0 Å². The standard InChI is InChI=1S/C17H14ClN3OS/c1-11-20-15(10-23-11)17(22)21-16(13-3-2-8-19-9-13)12-4-6-14(18)7-5-12/h2-10,16H,1H3,(H,21,22)/t16-/m0/s1. The zero-order valence-electron chi connectivity index (χ0n) is 12.4. The Morgan fingerprint density at radius 2 is 2.00 bits per heavy atom. The highest BCUT2D eigenvalue weighted by Crippen LogP contribution is 2.23. The van der Waals surface area contributed by atoms with Crippen LogP contribution in [0.1, 0.15) is 32.7 Å². The Morgan fingerprint density at radius 3 is 2.61 bits per heavy atom. The lowest BCUT2D eigenvalue weighted by Gasteiger charge is -2.19. The summed E-state index contributed by atoms with van der Waals surface area (Å²) < 4.78 is 0. The van der Waals surface area contributed by atoms with Crippen LogP contribution >= 0.6 is 22.9 Å². The minimum Gasteiger partial charge on any atom is -0.340 e. The van der Waals surface area contributed by atoms with Gasteiger partial charge in [-0.25, -0.2) is 4.98 Å². The molecule has 6 heteroatoms. The second kappa shape index (κ2) is 6.89. The molecule has 2 aromatic heterocycles. The number of hydrogen-bond acceptors (Lipinski definition) is 4. The third kappa shape index (κ3) is 3.75. The molecule has 1 atom stereocenters. The number of carbonyl (C=O) groups excluding carboxylic acids is 1. The molecule has 0 unspecified atom stereocenters. The zero-order chi connectivity index (χ0) is 16.2. The Bertz CT molecular complexity index is 802. The quantitative estimate of drug-likeness (QED) is 0.778. The van der Waals surface area contributed by atoms with Crippen LogP contribution in [0.5, 0.6) is 0 Å². The van der Waals surface area contributed by atoms with Gasteiger partial charge in [-0.05, 0) is 36.2 Å². The highest BCUT2D eigenvalue weighted by Gasteiger charge is 2.19. The Morgan fingerprint density at radius 1 is 1.22 bits per heavy atom. The van der Waals surface area contributed by atoms with Gasteiger partial charge in [0.2, 0.25) is 0 Å². The number of benzene rings is 1. The predicted octanol–water partition coefficient (Wildman–Crippen LogP) is 4.02. The average Bonchev–Trinajstić information content (AvgIpc) is 3.01. The summed E-state index contributed by atoms with van der Waals surface area (Å²) in [5, 5.41) is 6.29. The van der Waals surface area contributed by atoms with E-state index in [1.807, 2.05) is 31.2 Å². The van der Waals surface area contributed by atoms with Gasteiger partial charge < -0.3 is 5.32 Å². The molecule has 0 aliphatic carbocycles. The van der Waals surface area contributed by atoms with Crippen molar-refractivity contribution in [2.75, 3.05) is 0 Å². The average molecular weight is 344 g/mol. The number of nitrogens with one attached hydrogen (secondary N) is 1. The summed E-state index contributed by atoms with van der Waals surface area (Å²) in [6.07, 6.45) is 3.44. The van der Waals surface area contributed by atoms with E-state index in [4.69, 9.17) is 11.6 Å². The van der Waals surface area contributed by atoms with E-state index in [0.29, 0.717) is 10.7 Å². The maximum absolute atomic E-state index is 12.5. The highest BCUT2D eigenvalue weighted by atomic mass is 35.5. The predicted molar refractivity (Wildman–Crippen MR) is 91.8 cm³/mol. The van der Waals surface area contributed by atoms with Gasteiger partial charge in [0.05, 0.1) is 11.0 Å². The van der Waals surface area contributed by atoms with Gasteiger partial charge in [-0.15, -0.1) is 11.3 Å². The van der Waals surface area contributed by atoms with Crippen LogP contribution in [0.4, 0.5) is 0 Å². The smallest absolute Gasteiger partial charge is 0.271 e. The summed E-state index contributed by atoms with van der Waals surface area (Å²) in [5.74, 6) is -0.210. The zero-order valence-corrected chi connectivity index (χ0v) is 13.9. The molecule has 0 spiro atoms. The summed E-state index contributed by atoms with van der Waals surface area (Å²) in [5.41, 5.74) is 2.26. The summed E-state index contributed by atoms with van der Waals surface area (Å²) in [7, 11) is 0. The molecule has 2 heterocycles. The molecule has 0 saturated heterocycles. The number of carbonyl (C=O) groups is 1. The molecule has 3 rings (SSSR count). The minimum atomic E-state index is -0.310. The Kier molecular flexibility index (Phi) is 4.69. The van der Waals surface area contributed by atoms with Crippen molar-refractivity contribution in [1.82, 2.24) is 15.3 Å². The van der Waals surface area contributed by atoms with Crippen LogP contribution in [0.25, 0.3) is 0 Å². The fourth-order valence-corrected chi connectivity index (χ4v) is 2.95. The normalized spacial score (nSPS) is 11.9. The van der Waals surface area contributed by atoms with Gasteiger partial charge in [0, 0.05) is 22.8 Å². The van der Waals surface area contributed by atoms with E-state index in [9.17, 15) is 4.79 Å². The van der Waals surface area contributed by atoms with E-state index in [-0.39, 0.29) is 11.9 Å². The molecule has 0 fully saturated rings. The lowest BCUT2D eigenvalue weighted by atomic mass is 10.00. The number of aryl methyl sites for hydroxylation is 1. The summed E-state index contributed by atoms with van der Waals surface area (Å²) in [4.78, 5) is 20.8. The number of hydrogen-bond donors (Lipinski definition) is 1. The first kappa shape index (κ1) is 15.6. The summed E-state index contributed by atoms with van der Waals surface area (Å²) >= 11 is 7.41. The molecule has 116 valence electrons. The molecular formula is C17H14ClN3OS. The molecule has 1 amide bonds. The number of nitrogens with zero attached hydrogens (tertiary/aromatic N) is 2. The van der Waals surface area contributed by atoms with Crippen LogP contribution in [0, 0.1) is 6.92 Å². The van der Waals surface area contributed by atoms with Gasteiger partial charge in [0.1, 0.15) is 5.69 Å².